The Balaban J connectivity index is 1.74. The maximum absolute atomic E-state index is 13.5. The predicted molar refractivity (Wildman–Crippen MR) is 143 cm³/mol. The quantitative estimate of drug-likeness (QED) is 0.175. The fourth-order valence-corrected chi connectivity index (χ4v) is 5.31. The van der Waals surface area contributed by atoms with Gasteiger partial charge < -0.3 is 9.47 Å². The summed E-state index contributed by atoms with van der Waals surface area (Å²) in [7, 11) is 0. The second kappa shape index (κ2) is 10.5. The first-order valence-corrected chi connectivity index (χ1v) is 12.6. The number of benzene rings is 4. The van der Waals surface area contributed by atoms with Crippen LogP contribution in [0.2, 0.25) is 0 Å². The number of hydrogen-bond donors (Lipinski definition) is 0. The second-order valence-electron chi connectivity index (χ2n) is 9.86. The van der Waals surface area contributed by atoms with Crippen LogP contribution in [0.1, 0.15) is 28.2 Å². The Bertz CT molecular complexity index is 1730. The maximum Gasteiger partial charge on any atom is 0.573 e. The molecule has 0 saturated heterocycles. The second-order valence-corrected chi connectivity index (χ2v) is 9.86. The molecule has 0 heterocycles. The number of nitrogens with zero attached hydrogens (tertiary/aromatic N) is 2. The third kappa shape index (κ3) is 5.61. The number of alkyl halides is 6. The number of ether oxygens (including phenoxy) is 2. The van der Waals surface area contributed by atoms with Gasteiger partial charge in [0.2, 0.25) is 0 Å². The van der Waals surface area contributed by atoms with Crippen molar-refractivity contribution in [3.05, 3.63) is 106 Å². The van der Waals surface area contributed by atoms with Crippen LogP contribution in [0, 0.1) is 31.8 Å². The topological polar surface area (TPSA) is 46.6 Å². The van der Waals surface area contributed by atoms with Crippen molar-refractivity contribution < 1.29 is 35.8 Å². The van der Waals surface area contributed by atoms with E-state index in [1.807, 2.05) is 56.3 Å². The minimum atomic E-state index is -5.09. The molecular weight excluding hydrogens is 558 g/mol. The zero-order valence-corrected chi connectivity index (χ0v) is 22.1. The Morgan fingerprint density at radius 3 is 1.81 bits per heavy atom. The van der Waals surface area contributed by atoms with E-state index in [0.717, 1.165) is 34.4 Å². The minimum absolute atomic E-state index is 0.0370. The van der Waals surface area contributed by atoms with E-state index in [4.69, 9.17) is 6.57 Å². The molecule has 0 saturated carbocycles. The van der Waals surface area contributed by atoms with E-state index >= 15 is 0 Å². The molecule has 0 aliphatic heterocycles. The molecule has 0 bridgehead atoms. The smallest absolute Gasteiger partial charge is 0.406 e. The van der Waals surface area contributed by atoms with Crippen LogP contribution in [-0.2, 0) is 0 Å². The van der Waals surface area contributed by atoms with Crippen molar-refractivity contribution in [2.24, 2.45) is 0 Å². The summed E-state index contributed by atoms with van der Waals surface area (Å²) >= 11 is 0. The summed E-state index contributed by atoms with van der Waals surface area (Å²) in [6, 6.07) is 19.3. The van der Waals surface area contributed by atoms with Crippen LogP contribution in [0.3, 0.4) is 0 Å². The SMILES string of the molecule is [C-]#[N+]C(C#N)C1c2cc(C)c(-c3ccc(C)cc3)cc2-c2cc(-c3ccc(OC(F)(F)F)cc3)c(OC(F)(F)F)cc21. The van der Waals surface area contributed by atoms with Crippen LogP contribution in [0.15, 0.2) is 72.8 Å². The molecule has 0 radical (unpaired) electrons. The van der Waals surface area contributed by atoms with Crippen molar-refractivity contribution in [2.75, 3.05) is 0 Å². The lowest BCUT2D eigenvalue weighted by Crippen LogP contribution is -2.18. The van der Waals surface area contributed by atoms with E-state index < -0.39 is 36.2 Å². The largest absolute Gasteiger partial charge is 0.573 e. The van der Waals surface area contributed by atoms with E-state index in [1.165, 1.54) is 24.3 Å². The Labute approximate surface area is 237 Å². The van der Waals surface area contributed by atoms with Crippen LogP contribution in [-0.4, -0.2) is 18.8 Å². The summed E-state index contributed by atoms with van der Waals surface area (Å²) < 4.78 is 86.9. The average Bonchev–Trinajstić information content (AvgIpc) is 3.20. The Morgan fingerprint density at radius 1 is 0.738 bits per heavy atom. The lowest BCUT2D eigenvalue weighted by atomic mass is 9.87. The molecule has 10 heteroatoms. The Kier molecular flexibility index (Phi) is 7.11. The van der Waals surface area contributed by atoms with Crippen molar-refractivity contribution in [1.82, 2.24) is 0 Å². The predicted octanol–water partition coefficient (Wildman–Crippen LogP) is 9.36. The molecule has 212 valence electrons. The Hall–Kier alpha value is -4.96. The van der Waals surface area contributed by atoms with Gasteiger partial charge in [-0.05, 0) is 88.7 Å². The summed E-state index contributed by atoms with van der Waals surface area (Å²) in [5.74, 6) is -2.00. The van der Waals surface area contributed by atoms with Crippen molar-refractivity contribution in [3.8, 4) is 50.9 Å². The summed E-state index contributed by atoms with van der Waals surface area (Å²) in [6.45, 7) is 11.4. The first-order valence-electron chi connectivity index (χ1n) is 12.6. The molecule has 2 unspecified atom stereocenters. The summed E-state index contributed by atoms with van der Waals surface area (Å²) in [5.41, 5.74) is 5.85. The highest BCUT2D eigenvalue weighted by atomic mass is 19.4. The third-order valence-corrected chi connectivity index (χ3v) is 7.08. The highest BCUT2D eigenvalue weighted by Crippen LogP contribution is 2.52. The standard InChI is InChI=1S/C32H20F6N2O2/c1-17-4-6-19(7-5-17)22-13-24-25-14-23(20-8-10-21(11-9-20)41-31(33,34)35)29(42-32(36,37)38)15-27(25)30(28(16-39)40-3)26(24)12-18(22)2/h4-15,28,30H,1-2H3. The van der Waals surface area contributed by atoms with Gasteiger partial charge in [-0.2, -0.15) is 5.26 Å². The number of hydrogen-bond acceptors (Lipinski definition) is 3. The molecule has 0 fully saturated rings. The van der Waals surface area contributed by atoms with Crippen LogP contribution < -0.4 is 9.47 Å². The normalized spacial score (nSPS) is 14.8. The molecule has 0 spiro atoms. The van der Waals surface area contributed by atoms with E-state index in [0.29, 0.717) is 22.3 Å². The molecule has 1 aliphatic rings. The fourth-order valence-electron chi connectivity index (χ4n) is 5.31. The van der Waals surface area contributed by atoms with E-state index in [1.54, 1.807) is 0 Å². The van der Waals surface area contributed by atoms with Crippen LogP contribution in [0.25, 0.3) is 38.2 Å². The first-order chi connectivity index (χ1) is 19.8. The first kappa shape index (κ1) is 28.6. The summed E-state index contributed by atoms with van der Waals surface area (Å²) in [6.07, 6.45) is -10.0. The number of aryl methyl sites for hydroxylation is 2. The van der Waals surface area contributed by atoms with Gasteiger partial charge in [-0.15, -0.1) is 26.3 Å². The van der Waals surface area contributed by atoms with E-state index in [-0.39, 0.29) is 11.1 Å². The molecule has 42 heavy (non-hydrogen) atoms. The molecule has 4 aromatic carbocycles. The number of nitriles is 1. The zero-order chi connectivity index (χ0) is 30.4. The van der Waals surface area contributed by atoms with Crippen LogP contribution in [0.5, 0.6) is 11.5 Å². The molecular formula is C32H20F6N2O2. The molecule has 4 aromatic rings. The number of rotatable bonds is 5. The molecule has 5 rings (SSSR count). The number of fused-ring (bicyclic) bond motifs is 3. The average molecular weight is 579 g/mol. The van der Waals surface area contributed by atoms with Gasteiger partial charge in [-0.1, -0.05) is 48.0 Å². The molecule has 4 nitrogen and oxygen atoms in total. The van der Waals surface area contributed by atoms with Gasteiger partial charge >= 0.3 is 18.8 Å². The van der Waals surface area contributed by atoms with Gasteiger partial charge in [-0.25, -0.2) is 6.57 Å². The van der Waals surface area contributed by atoms with Gasteiger partial charge in [-0.3, -0.25) is 4.85 Å². The van der Waals surface area contributed by atoms with Crippen molar-refractivity contribution in [2.45, 2.75) is 38.5 Å². The van der Waals surface area contributed by atoms with Crippen molar-refractivity contribution in [3.63, 3.8) is 0 Å². The Morgan fingerprint density at radius 2 is 1.26 bits per heavy atom. The lowest BCUT2D eigenvalue weighted by Gasteiger charge is -2.18. The fraction of sp³-hybridized carbons (Fsp3) is 0.188. The molecule has 0 amide bonds. The monoisotopic (exact) mass is 578 g/mol. The summed E-state index contributed by atoms with van der Waals surface area (Å²) in [4.78, 5) is 3.45. The molecule has 0 N–H and O–H groups in total. The molecule has 2 atom stereocenters. The molecule has 0 aromatic heterocycles. The third-order valence-electron chi connectivity index (χ3n) is 7.08. The molecule has 1 aliphatic carbocycles. The van der Waals surface area contributed by atoms with Gasteiger partial charge in [0.15, 0.2) is 6.07 Å². The highest BCUT2D eigenvalue weighted by molar-refractivity contribution is 5.89. The highest BCUT2D eigenvalue weighted by Gasteiger charge is 2.41. The lowest BCUT2D eigenvalue weighted by molar-refractivity contribution is -0.275. The van der Waals surface area contributed by atoms with Crippen molar-refractivity contribution >= 4 is 0 Å². The van der Waals surface area contributed by atoms with E-state index in [9.17, 15) is 31.6 Å². The maximum atomic E-state index is 13.5. The van der Waals surface area contributed by atoms with Gasteiger partial charge in [0, 0.05) is 5.56 Å². The minimum Gasteiger partial charge on any atom is -0.406 e. The number of halogens is 6. The van der Waals surface area contributed by atoms with Crippen molar-refractivity contribution in [1.29, 1.82) is 5.26 Å². The zero-order valence-electron chi connectivity index (χ0n) is 22.1. The van der Waals surface area contributed by atoms with Gasteiger partial charge in [0.05, 0.1) is 0 Å². The van der Waals surface area contributed by atoms with Crippen LogP contribution in [0.4, 0.5) is 26.3 Å². The summed E-state index contributed by atoms with van der Waals surface area (Å²) in [5, 5.41) is 9.79. The van der Waals surface area contributed by atoms with Crippen LogP contribution >= 0.6 is 0 Å². The van der Waals surface area contributed by atoms with Gasteiger partial charge in [0.25, 0.3) is 0 Å². The van der Waals surface area contributed by atoms with Gasteiger partial charge in [0.1, 0.15) is 17.4 Å². The van der Waals surface area contributed by atoms with E-state index in [2.05, 4.69) is 14.3 Å².